The molecule has 0 nitrogen and oxygen atoms in total. The third-order valence-electron chi connectivity index (χ3n) is 4.91. The van der Waals surface area contributed by atoms with Gasteiger partial charge in [0.1, 0.15) is 8.80 Å². The van der Waals surface area contributed by atoms with Gasteiger partial charge in [-0.05, 0) is 11.5 Å². The van der Waals surface area contributed by atoms with Crippen molar-refractivity contribution in [2.45, 2.75) is 37.6 Å². The lowest BCUT2D eigenvalue weighted by molar-refractivity contribution is 0.360. The number of rotatable bonds is 5. The quantitative estimate of drug-likeness (QED) is 0.566. The lowest BCUT2D eigenvalue weighted by Gasteiger charge is -2.33. The van der Waals surface area contributed by atoms with Gasteiger partial charge in [0.2, 0.25) is 0 Å². The number of hydrogen-bond donors (Lipinski definition) is 0. The molecule has 1 atom stereocenters. The standard InChI is InChI=1S/C21H25Si/c1-2-21(18-12-6-3-7-13-18)22(19-14-8-4-9-15-19)20-16-10-5-11-17-20/h2,4-5,8-11,14-18,21H,1,3,6-7,12-13H2. The van der Waals surface area contributed by atoms with Crippen LogP contribution in [0.2, 0.25) is 5.54 Å². The zero-order chi connectivity index (χ0) is 15.2. The minimum Gasteiger partial charge on any atom is -0.103 e. The smallest absolute Gasteiger partial charge is 0.103 e. The topological polar surface area (TPSA) is 0 Å². The third-order valence-corrected chi connectivity index (χ3v) is 8.20. The van der Waals surface area contributed by atoms with Crippen LogP contribution in [-0.2, 0) is 0 Å². The summed E-state index contributed by atoms with van der Waals surface area (Å²) in [6.07, 6.45) is 9.24. The summed E-state index contributed by atoms with van der Waals surface area (Å²) in [6, 6.07) is 22.3. The Morgan fingerprint density at radius 1 is 0.818 bits per heavy atom. The lowest BCUT2D eigenvalue weighted by Crippen LogP contribution is -2.47. The van der Waals surface area contributed by atoms with Crippen LogP contribution in [0.15, 0.2) is 73.3 Å². The van der Waals surface area contributed by atoms with E-state index in [0.717, 1.165) is 5.92 Å². The first-order valence-electron chi connectivity index (χ1n) is 8.50. The molecular weight excluding hydrogens is 280 g/mol. The molecule has 0 aromatic heterocycles. The van der Waals surface area contributed by atoms with E-state index in [1.165, 1.54) is 42.5 Å². The molecule has 0 saturated heterocycles. The molecule has 0 spiro atoms. The van der Waals surface area contributed by atoms with Gasteiger partial charge in [0.15, 0.2) is 0 Å². The van der Waals surface area contributed by atoms with Crippen LogP contribution < -0.4 is 10.4 Å². The molecule has 0 heterocycles. The fourth-order valence-corrected chi connectivity index (χ4v) is 7.07. The Hall–Kier alpha value is -1.60. The molecule has 0 amide bonds. The van der Waals surface area contributed by atoms with Gasteiger partial charge in [-0.3, -0.25) is 0 Å². The maximum absolute atomic E-state index is 4.23. The van der Waals surface area contributed by atoms with Crippen LogP contribution >= 0.6 is 0 Å². The second-order valence-electron chi connectivity index (χ2n) is 6.31. The van der Waals surface area contributed by atoms with E-state index in [-0.39, 0.29) is 0 Å². The highest BCUT2D eigenvalue weighted by molar-refractivity contribution is 6.86. The van der Waals surface area contributed by atoms with E-state index < -0.39 is 8.80 Å². The number of allylic oxidation sites excluding steroid dienone is 1. The molecule has 2 aromatic rings. The molecule has 1 radical (unpaired) electrons. The van der Waals surface area contributed by atoms with Crippen molar-refractivity contribution in [2.24, 2.45) is 5.92 Å². The molecule has 22 heavy (non-hydrogen) atoms. The Balaban J connectivity index is 1.98. The Bertz CT molecular complexity index is 530. The zero-order valence-corrected chi connectivity index (χ0v) is 14.2. The SMILES string of the molecule is C=CC(C1CCCCC1)[Si](c1ccccc1)c1ccccc1. The van der Waals surface area contributed by atoms with Crippen LogP contribution in [0.4, 0.5) is 0 Å². The Kier molecular flexibility index (Phi) is 5.28. The summed E-state index contributed by atoms with van der Waals surface area (Å²) in [5.74, 6) is 0.820. The average molecular weight is 306 g/mol. The second kappa shape index (κ2) is 7.60. The molecule has 1 aliphatic rings. The summed E-state index contributed by atoms with van der Waals surface area (Å²) < 4.78 is 0. The van der Waals surface area contributed by atoms with E-state index >= 15 is 0 Å². The van der Waals surface area contributed by atoms with Gasteiger partial charge in [-0.2, -0.15) is 0 Å². The van der Waals surface area contributed by atoms with E-state index in [1.54, 1.807) is 0 Å². The maximum Gasteiger partial charge on any atom is 0.128 e. The van der Waals surface area contributed by atoms with Gasteiger partial charge in [0.25, 0.3) is 0 Å². The summed E-state index contributed by atoms with van der Waals surface area (Å²) in [4.78, 5) is 0. The van der Waals surface area contributed by atoms with Gasteiger partial charge in [0, 0.05) is 0 Å². The van der Waals surface area contributed by atoms with Gasteiger partial charge in [-0.25, -0.2) is 0 Å². The summed E-state index contributed by atoms with van der Waals surface area (Å²) in [5, 5.41) is 3.04. The first kappa shape index (κ1) is 15.3. The molecular formula is C21H25Si. The number of hydrogen-bond acceptors (Lipinski definition) is 0. The minimum absolute atomic E-state index is 0.634. The van der Waals surface area contributed by atoms with Gasteiger partial charge in [0.05, 0.1) is 0 Å². The van der Waals surface area contributed by atoms with Gasteiger partial charge < -0.3 is 0 Å². The first-order valence-corrected chi connectivity index (χ1v) is 10.1. The Morgan fingerprint density at radius 3 is 1.77 bits per heavy atom. The normalized spacial score (nSPS) is 17.3. The molecule has 0 N–H and O–H groups in total. The van der Waals surface area contributed by atoms with Crippen molar-refractivity contribution in [3.63, 3.8) is 0 Å². The summed E-state index contributed by atoms with van der Waals surface area (Å²) in [6.45, 7) is 4.23. The molecule has 1 heteroatoms. The largest absolute Gasteiger partial charge is 0.128 e. The molecule has 2 aromatic carbocycles. The molecule has 1 saturated carbocycles. The van der Waals surface area contributed by atoms with Gasteiger partial charge in [-0.15, -0.1) is 6.58 Å². The monoisotopic (exact) mass is 305 g/mol. The van der Waals surface area contributed by atoms with Crippen molar-refractivity contribution >= 4 is 19.2 Å². The number of benzene rings is 2. The van der Waals surface area contributed by atoms with E-state index in [1.807, 2.05) is 0 Å². The summed E-state index contributed by atoms with van der Waals surface area (Å²) >= 11 is 0. The predicted octanol–water partition coefficient (Wildman–Crippen LogP) is 4.43. The Labute approximate surface area is 136 Å². The van der Waals surface area contributed by atoms with E-state index in [0.29, 0.717) is 5.54 Å². The highest BCUT2D eigenvalue weighted by Gasteiger charge is 2.32. The van der Waals surface area contributed by atoms with Crippen molar-refractivity contribution in [3.8, 4) is 0 Å². The van der Waals surface area contributed by atoms with Gasteiger partial charge >= 0.3 is 0 Å². The molecule has 3 rings (SSSR count). The van der Waals surface area contributed by atoms with Crippen molar-refractivity contribution < 1.29 is 0 Å². The third kappa shape index (κ3) is 3.41. The van der Waals surface area contributed by atoms with Crippen LogP contribution in [0, 0.1) is 5.92 Å². The van der Waals surface area contributed by atoms with Gasteiger partial charge in [-0.1, -0.05) is 109 Å². The first-order chi connectivity index (χ1) is 10.9. The fourth-order valence-electron chi connectivity index (χ4n) is 3.83. The zero-order valence-electron chi connectivity index (χ0n) is 13.2. The maximum atomic E-state index is 4.23. The molecule has 1 fully saturated rings. The fraction of sp³-hybridized carbons (Fsp3) is 0.333. The molecule has 113 valence electrons. The van der Waals surface area contributed by atoms with Crippen LogP contribution in [0.25, 0.3) is 0 Å². The lowest BCUT2D eigenvalue weighted by atomic mass is 9.86. The summed E-state index contributed by atoms with van der Waals surface area (Å²) in [7, 11) is -0.806. The van der Waals surface area contributed by atoms with Crippen LogP contribution in [0.3, 0.4) is 0 Å². The van der Waals surface area contributed by atoms with E-state index in [4.69, 9.17) is 0 Å². The molecule has 0 aliphatic heterocycles. The molecule has 0 bridgehead atoms. The Morgan fingerprint density at radius 2 is 1.32 bits per heavy atom. The van der Waals surface area contributed by atoms with Crippen molar-refractivity contribution in [2.75, 3.05) is 0 Å². The van der Waals surface area contributed by atoms with E-state index in [9.17, 15) is 0 Å². The van der Waals surface area contributed by atoms with E-state index in [2.05, 4.69) is 73.3 Å². The van der Waals surface area contributed by atoms with Crippen LogP contribution in [0.1, 0.15) is 32.1 Å². The van der Waals surface area contributed by atoms with Crippen molar-refractivity contribution in [1.29, 1.82) is 0 Å². The second-order valence-corrected chi connectivity index (χ2v) is 8.95. The minimum atomic E-state index is -0.806. The highest BCUT2D eigenvalue weighted by Crippen LogP contribution is 2.35. The van der Waals surface area contributed by atoms with Crippen LogP contribution in [0.5, 0.6) is 0 Å². The summed E-state index contributed by atoms with van der Waals surface area (Å²) in [5.41, 5.74) is 0.634. The molecule has 1 unspecified atom stereocenters. The van der Waals surface area contributed by atoms with Crippen molar-refractivity contribution in [1.82, 2.24) is 0 Å². The van der Waals surface area contributed by atoms with Crippen molar-refractivity contribution in [3.05, 3.63) is 73.3 Å². The predicted molar refractivity (Wildman–Crippen MR) is 98.4 cm³/mol. The molecule has 1 aliphatic carbocycles. The van der Waals surface area contributed by atoms with Crippen LogP contribution in [-0.4, -0.2) is 8.80 Å². The average Bonchev–Trinajstić information content (AvgIpc) is 2.62. The highest BCUT2D eigenvalue weighted by atomic mass is 28.3.